The van der Waals surface area contributed by atoms with Gasteiger partial charge in [0.15, 0.2) is 6.10 Å². The fraction of sp³-hybridized carbons (Fsp3) is 0.704. The zero-order valence-corrected chi connectivity index (χ0v) is 50.4. The molecule has 0 rings (SSSR count). The Morgan fingerprint density at radius 3 is 0.857 bits per heavy atom. The molecule has 0 amide bonds. The summed E-state index contributed by atoms with van der Waals surface area (Å²) in [7, 11) is 0. The third-order valence-electron chi connectivity index (χ3n) is 13.7. The molecule has 0 aliphatic rings. The topological polar surface area (TPSA) is 78.9 Å². The zero-order valence-electron chi connectivity index (χ0n) is 50.4. The second-order valence-electron chi connectivity index (χ2n) is 21.3. The minimum atomic E-state index is -0.783. The van der Waals surface area contributed by atoms with E-state index in [2.05, 4.69) is 130 Å². The number of ether oxygens (including phenoxy) is 3. The number of unbranched alkanes of at least 4 members (excludes halogenated alkanes) is 29. The summed E-state index contributed by atoms with van der Waals surface area (Å²) in [6.45, 7) is 6.47. The molecule has 77 heavy (non-hydrogen) atoms. The largest absolute Gasteiger partial charge is 0.462 e. The van der Waals surface area contributed by atoms with Crippen LogP contribution in [0.15, 0.2) is 109 Å². The van der Waals surface area contributed by atoms with E-state index in [1.54, 1.807) is 0 Å². The third-order valence-corrected chi connectivity index (χ3v) is 13.7. The van der Waals surface area contributed by atoms with Crippen molar-refractivity contribution in [3.63, 3.8) is 0 Å². The van der Waals surface area contributed by atoms with Crippen LogP contribution in [0, 0.1) is 0 Å². The van der Waals surface area contributed by atoms with Crippen molar-refractivity contribution in [2.75, 3.05) is 13.2 Å². The van der Waals surface area contributed by atoms with E-state index in [0.29, 0.717) is 19.3 Å². The standard InChI is InChI=1S/C71H120O6/c1-4-7-10-13-16-19-22-24-26-28-29-30-31-32-33-34-35-36-37-38-39-40-41-42-43-44-46-47-49-52-55-58-61-64-70(73)76-67-68(66-75-69(72)63-60-57-54-51-21-18-15-12-9-6-3)77-71(74)65-62-59-56-53-50-48-45-27-25-23-20-17-14-11-8-5-2/h7,10,12,15-16,19,24,26,29-30,32-33,35-36,38-39,41-42,68H,4-6,8-9,11,13-14,17-18,20-23,25,27-28,31,34,37,40,43-67H2,1-3H3/b10-7-,15-12-,19-16-,26-24-,30-29-,33-32-,36-35-,39-38-,42-41-. The van der Waals surface area contributed by atoms with Crippen molar-refractivity contribution in [1.82, 2.24) is 0 Å². The number of allylic oxidation sites excluding steroid dienone is 18. The first kappa shape index (κ1) is 73.1. The van der Waals surface area contributed by atoms with Crippen LogP contribution in [0.25, 0.3) is 0 Å². The molecule has 1 unspecified atom stereocenters. The van der Waals surface area contributed by atoms with Gasteiger partial charge in [0.1, 0.15) is 13.2 Å². The lowest BCUT2D eigenvalue weighted by atomic mass is 10.0. The van der Waals surface area contributed by atoms with Gasteiger partial charge < -0.3 is 14.2 Å². The van der Waals surface area contributed by atoms with Crippen LogP contribution in [0.5, 0.6) is 0 Å². The molecule has 0 aromatic heterocycles. The molecular weight excluding hydrogens is 949 g/mol. The smallest absolute Gasteiger partial charge is 0.306 e. The van der Waals surface area contributed by atoms with Crippen LogP contribution in [0.4, 0.5) is 0 Å². The highest BCUT2D eigenvalue weighted by molar-refractivity contribution is 5.71. The minimum Gasteiger partial charge on any atom is -0.462 e. The summed E-state index contributed by atoms with van der Waals surface area (Å²) in [5.74, 6) is -0.892. The van der Waals surface area contributed by atoms with E-state index in [1.165, 1.54) is 135 Å². The maximum atomic E-state index is 12.9. The van der Waals surface area contributed by atoms with Crippen LogP contribution in [0.2, 0.25) is 0 Å². The van der Waals surface area contributed by atoms with Crippen molar-refractivity contribution in [1.29, 1.82) is 0 Å². The van der Waals surface area contributed by atoms with Crippen molar-refractivity contribution in [2.24, 2.45) is 0 Å². The van der Waals surface area contributed by atoms with E-state index in [9.17, 15) is 14.4 Å². The molecule has 0 aliphatic heterocycles. The Bertz CT molecular complexity index is 1560. The normalized spacial score (nSPS) is 12.8. The van der Waals surface area contributed by atoms with Gasteiger partial charge in [0.2, 0.25) is 0 Å². The number of hydrogen-bond donors (Lipinski definition) is 0. The molecule has 0 N–H and O–H groups in total. The Morgan fingerprint density at radius 1 is 0.273 bits per heavy atom. The molecule has 0 fully saturated rings. The lowest BCUT2D eigenvalue weighted by Gasteiger charge is -2.18. The summed E-state index contributed by atoms with van der Waals surface area (Å²) >= 11 is 0. The third kappa shape index (κ3) is 62.8. The number of hydrogen-bond acceptors (Lipinski definition) is 6. The zero-order chi connectivity index (χ0) is 55.7. The predicted octanol–water partition coefficient (Wildman–Crippen LogP) is 22.2. The minimum absolute atomic E-state index is 0.0825. The number of carbonyl (C=O) groups excluding carboxylic acids is 3. The molecule has 0 spiro atoms. The quantitative estimate of drug-likeness (QED) is 0.0261. The first-order valence-corrected chi connectivity index (χ1v) is 32.4. The van der Waals surface area contributed by atoms with Gasteiger partial charge in [0.25, 0.3) is 0 Å². The molecule has 6 heteroatoms. The highest BCUT2D eigenvalue weighted by atomic mass is 16.6. The van der Waals surface area contributed by atoms with Crippen LogP contribution >= 0.6 is 0 Å². The molecule has 0 saturated heterocycles. The van der Waals surface area contributed by atoms with Crippen LogP contribution in [0.3, 0.4) is 0 Å². The predicted molar refractivity (Wildman–Crippen MR) is 334 cm³/mol. The van der Waals surface area contributed by atoms with Crippen molar-refractivity contribution >= 4 is 17.9 Å². The van der Waals surface area contributed by atoms with Crippen molar-refractivity contribution < 1.29 is 28.6 Å². The van der Waals surface area contributed by atoms with Gasteiger partial charge in [-0.1, -0.05) is 291 Å². The molecule has 0 saturated carbocycles. The van der Waals surface area contributed by atoms with Gasteiger partial charge in [0, 0.05) is 19.3 Å². The Hall–Kier alpha value is -3.93. The number of rotatable bonds is 58. The molecule has 0 heterocycles. The molecule has 0 aliphatic carbocycles. The monoisotopic (exact) mass is 1070 g/mol. The second-order valence-corrected chi connectivity index (χ2v) is 21.3. The van der Waals surface area contributed by atoms with Gasteiger partial charge in [-0.2, -0.15) is 0 Å². The molecule has 0 radical (unpaired) electrons. The van der Waals surface area contributed by atoms with E-state index < -0.39 is 6.10 Å². The lowest BCUT2D eigenvalue weighted by molar-refractivity contribution is -0.167. The van der Waals surface area contributed by atoms with E-state index in [4.69, 9.17) is 14.2 Å². The average Bonchev–Trinajstić information content (AvgIpc) is 3.43. The highest BCUT2D eigenvalue weighted by Crippen LogP contribution is 2.16. The van der Waals surface area contributed by atoms with Gasteiger partial charge in [-0.15, -0.1) is 0 Å². The van der Waals surface area contributed by atoms with Gasteiger partial charge in [-0.25, -0.2) is 0 Å². The highest BCUT2D eigenvalue weighted by Gasteiger charge is 2.19. The van der Waals surface area contributed by atoms with Crippen LogP contribution in [-0.4, -0.2) is 37.2 Å². The van der Waals surface area contributed by atoms with Crippen LogP contribution in [0.1, 0.15) is 303 Å². The summed E-state index contributed by atoms with van der Waals surface area (Å²) in [5, 5.41) is 0. The SMILES string of the molecule is CC/C=C\C/C=C\C/C=C\C/C=C\C/C=C\C/C=C\C/C=C\C/C=C\CCCCCCCCCCC(=O)OCC(COC(=O)CCCCCCC/C=C\CCC)OC(=O)CCCCCCCCCCCCCCCCCC. The molecule has 6 nitrogen and oxygen atoms in total. The fourth-order valence-electron chi connectivity index (χ4n) is 8.93. The Kier molecular flexibility index (Phi) is 61.3. The van der Waals surface area contributed by atoms with Gasteiger partial charge >= 0.3 is 17.9 Å². The summed E-state index contributed by atoms with van der Waals surface area (Å²) in [6, 6.07) is 0. The Morgan fingerprint density at radius 2 is 0.532 bits per heavy atom. The summed E-state index contributed by atoms with van der Waals surface area (Å²) < 4.78 is 16.9. The molecule has 440 valence electrons. The maximum Gasteiger partial charge on any atom is 0.306 e. The van der Waals surface area contributed by atoms with Crippen molar-refractivity contribution in [3.05, 3.63) is 109 Å². The summed E-state index contributed by atoms with van der Waals surface area (Å²) in [6.07, 6.45) is 88.2. The van der Waals surface area contributed by atoms with E-state index in [1.807, 2.05) is 0 Å². The first-order valence-electron chi connectivity index (χ1n) is 32.4. The summed E-state index contributed by atoms with van der Waals surface area (Å²) in [4.78, 5) is 38.2. The maximum absolute atomic E-state index is 12.9. The Labute approximate surface area is 476 Å². The van der Waals surface area contributed by atoms with Crippen molar-refractivity contribution in [3.8, 4) is 0 Å². The van der Waals surface area contributed by atoms with Gasteiger partial charge in [0.05, 0.1) is 0 Å². The van der Waals surface area contributed by atoms with Gasteiger partial charge in [-0.05, 0) is 103 Å². The van der Waals surface area contributed by atoms with Crippen LogP contribution < -0.4 is 0 Å². The summed E-state index contributed by atoms with van der Waals surface area (Å²) in [5.41, 5.74) is 0. The number of carbonyl (C=O) groups is 3. The molecule has 1 atom stereocenters. The molecule has 0 bridgehead atoms. The fourth-order valence-corrected chi connectivity index (χ4v) is 8.93. The van der Waals surface area contributed by atoms with E-state index in [0.717, 1.165) is 128 Å². The number of esters is 3. The van der Waals surface area contributed by atoms with Gasteiger partial charge in [-0.3, -0.25) is 14.4 Å². The van der Waals surface area contributed by atoms with Crippen LogP contribution in [-0.2, 0) is 28.6 Å². The van der Waals surface area contributed by atoms with Crippen molar-refractivity contribution in [2.45, 2.75) is 309 Å². The molecular formula is C71H120O6. The lowest BCUT2D eigenvalue weighted by Crippen LogP contribution is -2.30. The van der Waals surface area contributed by atoms with E-state index >= 15 is 0 Å². The first-order chi connectivity index (χ1) is 38.0. The molecule has 0 aromatic carbocycles. The Balaban J connectivity index is 4.21. The molecule has 0 aromatic rings. The average molecular weight is 1070 g/mol. The van der Waals surface area contributed by atoms with E-state index in [-0.39, 0.29) is 31.1 Å². The second kappa shape index (κ2) is 64.6.